The number of imidazole rings is 1. The van der Waals surface area contributed by atoms with Crippen molar-refractivity contribution in [2.24, 2.45) is 7.05 Å². The van der Waals surface area contributed by atoms with E-state index in [9.17, 15) is 4.79 Å². The molecular formula is C21H31N5O. The van der Waals surface area contributed by atoms with Gasteiger partial charge < -0.3 is 14.8 Å². The molecule has 1 fully saturated rings. The molecule has 1 atom stereocenters. The molecule has 146 valence electrons. The summed E-state index contributed by atoms with van der Waals surface area (Å²) in [6.45, 7) is 10.5. The van der Waals surface area contributed by atoms with Crippen molar-refractivity contribution >= 4 is 6.03 Å². The minimum absolute atomic E-state index is 0.00399. The molecule has 0 unspecified atom stereocenters. The summed E-state index contributed by atoms with van der Waals surface area (Å²) >= 11 is 0. The molecule has 1 aromatic heterocycles. The lowest BCUT2D eigenvalue weighted by Crippen LogP contribution is -2.51. The number of hydrogen-bond acceptors (Lipinski definition) is 3. The van der Waals surface area contributed by atoms with Crippen molar-refractivity contribution in [3.8, 4) is 0 Å². The fraction of sp³-hybridized carbons (Fsp3) is 0.524. The van der Waals surface area contributed by atoms with Gasteiger partial charge in [0.25, 0.3) is 0 Å². The monoisotopic (exact) mass is 369 g/mol. The average Bonchev–Trinajstić information content (AvgIpc) is 3.07. The lowest BCUT2D eigenvalue weighted by molar-refractivity contribution is 0.131. The molecule has 1 saturated heterocycles. The molecular weight excluding hydrogens is 338 g/mol. The van der Waals surface area contributed by atoms with Crippen molar-refractivity contribution in [2.45, 2.75) is 39.3 Å². The summed E-state index contributed by atoms with van der Waals surface area (Å²) in [6, 6.07) is 8.56. The first-order chi connectivity index (χ1) is 12.9. The van der Waals surface area contributed by atoms with Crippen molar-refractivity contribution in [1.29, 1.82) is 0 Å². The van der Waals surface area contributed by atoms with Crippen LogP contribution >= 0.6 is 0 Å². The third-order valence-corrected chi connectivity index (χ3v) is 5.39. The van der Waals surface area contributed by atoms with Gasteiger partial charge in [0, 0.05) is 45.6 Å². The number of piperazine rings is 1. The van der Waals surface area contributed by atoms with Gasteiger partial charge in [0.05, 0.1) is 12.6 Å². The van der Waals surface area contributed by atoms with Crippen LogP contribution in [0, 0.1) is 0 Å². The highest BCUT2D eigenvalue weighted by Crippen LogP contribution is 2.19. The minimum Gasteiger partial charge on any atom is -0.337 e. The summed E-state index contributed by atoms with van der Waals surface area (Å²) in [5, 5.41) is 3.14. The summed E-state index contributed by atoms with van der Waals surface area (Å²) in [6.07, 6.45) is 3.79. The van der Waals surface area contributed by atoms with E-state index in [1.54, 1.807) is 0 Å². The third-order valence-electron chi connectivity index (χ3n) is 5.39. The van der Waals surface area contributed by atoms with Crippen molar-refractivity contribution < 1.29 is 4.79 Å². The van der Waals surface area contributed by atoms with E-state index in [-0.39, 0.29) is 12.1 Å². The van der Waals surface area contributed by atoms with E-state index in [4.69, 9.17) is 0 Å². The number of aromatic nitrogens is 2. The van der Waals surface area contributed by atoms with Gasteiger partial charge >= 0.3 is 6.03 Å². The first-order valence-electron chi connectivity index (χ1n) is 9.78. The predicted octanol–water partition coefficient (Wildman–Crippen LogP) is 3.13. The topological polar surface area (TPSA) is 53.4 Å². The van der Waals surface area contributed by atoms with Crippen LogP contribution in [-0.4, -0.2) is 51.6 Å². The average molecular weight is 370 g/mol. The first kappa shape index (κ1) is 19.4. The van der Waals surface area contributed by atoms with Crippen LogP contribution in [0.2, 0.25) is 0 Å². The molecule has 0 bridgehead atoms. The number of benzene rings is 1. The number of aryl methyl sites for hydroxylation is 1. The number of urea groups is 1. The molecule has 2 aromatic rings. The Hall–Kier alpha value is -2.34. The Morgan fingerprint density at radius 2 is 1.70 bits per heavy atom. The Morgan fingerprint density at radius 1 is 1.07 bits per heavy atom. The smallest absolute Gasteiger partial charge is 0.317 e. The Labute approximate surface area is 162 Å². The number of rotatable bonds is 5. The number of hydrogen-bond donors (Lipinski definition) is 1. The van der Waals surface area contributed by atoms with Gasteiger partial charge in [-0.2, -0.15) is 0 Å². The van der Waals surface area contributed by atoms with E-state index >= 15 is 0 Å². The fourth-order valence-electron chi connectivity index (χ4n) is 3.39. The van der Waals surface area contributed by atoms with E-state index in [1.165, 1.54) is 5.56 Å². The van der Waals surface area contributed by atoms with Crippen LogP contribution < -0.4 is 5.32 Å². The standard InChI is InChI=1S/C21H31N5O/c1-16(2)18-5-7-19(8-6-18)17(3)23-21(27)26-13-11-25(12-14-26)15-20-22-9-10-24(20)4/h5-10,16-17H,11-15H2,1-4H3,(H,23,27)/t17-/m0/s1. The molecule has 1 aliphatic rings. The van der Waals surface area contributed by atoms with Crippen LogP contribution in [-0.2, 0) is 13.6 Å². The highest BCUT2D eigenvalue weighted by atomic mass is 16.2. The van der Waals surface area contributed by atoms with Crippen molar-refractivity contribution in [3.05, 3.63) is 53.6 Å². The van der Waals surface area contributed by atoms with Crippen LogP contribution in [0.3, 0.4) is 0 Å². The maximum Gasteiger partial charge on any atom is 0.317 e. The highest BCUT2D eigenvalue weighted by molar-refractivity contribution is 5.74. The molecule has 2 amide bonds. The van der Waals surface area contributed by atoms with Gasteiger partial charge in [-0.15, -0.1) is 0 Å². The van der Waals surface area contributed by atoms with Gasteiger partial charge in [-0.1, -0.05) is 38.1 Å². The Kier molecular flexibility index (Phi) is 6.16. The highest BCUT2D eigenvalue weighted by Gasteiger charge is 2.23. The van der Waals surface area contributed by atoms with Gasteiger partial charge in [-0.05, 0) is 24.0 Å². The van der Waals surface area contributed by atoms with E-state index in [2.05, 4.69) is 53.3 Å². The quantitative estimate of drug-likeness (QED) is 0.881. The fourth-order valence-corrected chi connectivity index (χ4v) is 3.39. The first-order valence-corrected chi connectivity index (χ1v) is 9.78. The molecule has 0 spiro atoms. The summed E-state index contributed by atoms with van der Waals surface area (Å²) < 4.78 is 2.05. The molecule has 1 aromatic carbocycles. The van der Waals surface area contributed by atoms with Crippen molar-refractivity contribution in [2.75, 3.05) is 26.2 Å². The van der Waals surface area contributed by atoms with Gasteiger partial charge in [0.15, 0.2) is 0 Å². The Balaban J connectivity index is 1.48. The second-order valence-electron chi connectivity index (χ2n) is 7.71. The largest absolute Gasteiger partial charge is 0.337 e. The third kappa shape index (κ3) is 4.89. The minimum atomic E-state index is 0.00399. The molecule has 1 aliphatic heterocycles. The number of carbonyl (C=O) groups excluding carboxylic acids is 1. The molecule has 0 saturated carbocycles. The van der Waals surface area contributed by atoms with Crippen molar-refractivity contribution in [1.82, 2.24) is 24.7 Å². The summed E-state index contributed by atoms with van der Waals surface area (Å²) in [5.74, 6) is 1.58. The van der Waals surface area contributed by atoms with Crippen LogP contribution in [0.1, 0.15) is 49.7 Å². The van der Waals surface area contributed by atoms with Crippen molar-refractivity contribution in [3.63, 3.8) is 0 Å². The zero-order valence-electron chi connectivity index (χ0n) is 16.9. The second-order valence-corrected chi connectivity index (χ2v) is 7.71. The number of nitrogens with zero attached hydrogens (tertiary/aromatic N) is 4. The van der Waals surface area contributed by atoms with Gasteiger partial charge in [0.2, 0.25) is 0 Å². The van der Waals surface area contributed by atoms with E-state index < -0.39 is 0 Å². The molecule has 0 radical (unpaired) electrons. The lowest BCUT2D eigenvalue weighted by Gasteiger charge is -2.35. The van der Waals surface area contributed by atoms with Crippen LogP contribution in [0.5, 0.6) is 0 Å². The van der Waals surface area contributed by atoms with Gasteiger partial charge in [0.1, 0.15) is 5.82 Å². The predicted molar refractivity (Wildman–Crippen MR) is 108 cm³/mol. The van der Waals surface area contributed by atoms with Gasteiger partial charge in [-0.25, -0.2) is 9.78 Å². The Bertz CT molecular complexity index is 744. The van der Waals surface area contributed by atoms with Gasteiger partial charge in [-0.3, -0.25) is 4.90 Å². The molecule has 1 N–H and O–H groups in total. The molecule has 6 heteroatoms. The summed E-state index contributed by atoms with van der Waals surface area (Å²) in [5.41, 5.74) is 2.46. The molecule has 2 heterocycles. The normalized spacial score (nSPS) is 16.6. The van der Waals surface area contributed by atoms with Crippen LogP contribution in [0.25, 0.3) is 0 Å². The molecule has 6 nitrogen and oxygen atoms in total. The second kappa shape index (κ2) is 8.57. The van der Waals surface area contributed by atoms with Crippen LogP contribution in [0.4, 0.5) is 4.79 Å². The lowest BCUT2D eigenvalue weighted by atomic mass is 10.00. The van der Waals surface area contributed by atoms with E-state index in [1.807, 2.05) is 35.8 Å². The zero-order chi connectivity index (χ0) is 19.4. The molecule has 27 heavy (non-hydrogen) atoms. The van der Waals surface area contributed by atoms with Crippen LogP contribution in [0.15, 0.2) is 36.7 Å². The SMILES string of the molecule is CC(C)c1ccc([C@H](C)NC(=O)N2CCN(Cc3nccn3C)CC2)cc1. The van der Waals surface area contributed by atoms with E-state index in [0.717, 1.165) is 44.1 Å². The number of nitrogens with one attached hydrogen (secondary N) is 1. The molecule has 3 rings (SSSR count). The zero-order valence-corrected chi connectivity index (χ0v) is 16.9. The number of amides is 2. The van der Waals surface area contributed by atoms with E-state index in [0.29, 0.717) is 5.92 Å². The molecule has 0 aliphatic carbocycles. The Morgan fingerprint density at radius 3 is 2.26 bits per heavy atom. The maximum atomic E-state index is 12.6. The maximum absolute atomic E-state index is 12.6. The summed E-state index contributed by atoms with van der Waals surface area (Å²) in [4.78, 5) is 21.3. The number of carbonyl (C=O) groups is 1. The summed E-state index contributed by atoms with van der Waals surface area (Å²) in [7, 11) is 2.01.